The third-order valence-electron chi connectivity index (χ3n) is 5.19. The maximum absolute atomic E-state index is 12.1. The minimum atomic E-state index is 0.144. The summed E-state index contributed by atoms with van der Waals surface area (Å²) in [7, 11) is 0. The molecule has 1 aliphatic carbocycles. The van der Waals surface area contributed by atoms with Crippen molar-refractivity contribution in [2.45, 2.75) is 70.5 Å². The molecule has 2 aromatic rings. The van der Waals surface area contributed by atoms with E-state index in [2.05, 4.69) is 39.5 Å². The average Bonchev–Trinajstić information content (AvgIpc) is 3.35. The Morgan fingerprint density at radius 3 is 2.82 bits per heavy atom. The fraction of sp³-hybridized carbons (Fsp3) is 0.700. The maximum Gasteiger partial charge on any atom is 0.220 e. The number of aromatic nitrogens is 4. The van der Waals surface area contributed by atoms with Gasteiger partial charge in [-0.05, 0) is 24.5 Å². The lowest BCUT2D eigenvalue weighted by Crippen LogP contribution is -2.27. The number of nitrogens with one attached hydrogen (secondary N) is 2. The second-order valence-corrected chi connectivity index (χ2v) is 8.59. The number of rotatable bonds is 11. The molecule has 1 saturated carbocycles. The molecule has 2 heterocycles. The summed E-state index contributed by atoms with van der Waals surface area (Å²) in [4.78, 5) is 21.4. The van der Waals surface area contributed by atoms with Crippen LogP contribution in [0.2, 0.25) is 0 Å². The van der Waals surface area contributed by atoms with Crippen LogP contribution in [0.5, 0.6) is 0 Å². The molecule has 1 amide bonds. The fourth-order valence-electron chi connectivity index (χ4n) is 3.69. The Morgan fingerprint density at radius 2 is 2.07 bits per heavy atom. The van der Waals surface area contributed by atoms with Crippen LogP contribution >= 0.6 is 11.8 Å². The molecule has 28 heavy (non-hydrogen) atoms. The highest BCUT2D eigenvalue weighted by molar-refractivity contribution is 7.99. The zero-order valence-electron chi connectivity index (χ0n) is 17.0. The van der Waals surface area contributed by atoms with Crippen LogP contribution in [0.25, 0.3) is 11.0 Å². The Hall–Kier alpha value is -1.83. The number of carbonyl (C=O) groups excluding carboxylic acids is 1. The minimum Gasteiger partial charge on any atom is -0.369 e. The highest BCUT2D eigenvalue weighted by Gasteiger charge is 2.16. The van der Waals surface area contributed by atoms with E-state index in [1.807, 2.05) is 10.9 Å². The van der Waals surface area contributed by atoms with Crippen molar-refractivity contribution in [3.05, 3.63) is 6.20 Å². The van der Waals surface area contributed by atoms with E-state index in [4.69, 9.17) is 0 Å². The predicted octanol–water partition coefficient (Wildman–Crippen LogP) is 3.85. The fourth-order valence-corrected chi connectivity index (χ4v) is 4.26. The first kappa shape index (κ1) is 20.9. The molecule has 8 heteroatoms. The molecule has 7 nitrogen and oxygen atoms in total. The molecule has 154 valence electrons. The molecule has 1 aliphatic rings. The van der Waals surface area contributed by atoms with Crippen molar-refractivity contribution in [2.24, 2.45) is 5.92 Å². The van der Waals surface area contributed by atoms with Crippen molar-refractivity contribution < 1.29 is 4.79 Å². The van der Waals surface area contributed by atoms with Crippen LogP contribution in [0, 0.1) is 5.92 Å². The smallest absolute Gasteiger partial charge is 0.220 e. The molecule has 3 rings (SSSR count). The SMILES string of the molecule is CCCNc1nc(SCC)nc2c1cnn2CCNC(=O)CCC1CCCC1. The van der Waals surface area contributed by atoms with Crippen molar-refractivity contribution in [1.82, 2.24) is 25.1 Å². The van der Waals surface area contributed by atoms with E-state index < -0.39 is 0 Å². The van der Waals surface area contributed by atoms with Gasteiger partial charge < -0.3 is 10.6 Å². The Kier molecular flexibility index (Phi) is 7.94. The molecule has 2 N–H and O–H groups in total. The summed E-state index contributed by atoms with van der Waals surface area (Å²) in [6.07, 6.45) is 9.74. The van der Waals surface area contributed by atoms with Gasteiger partial charge in [0.2, 0.25) is 5.91 Å². The minimum absolute atomic E-state index is 0.144. The van der Waals surface area contributed by atoms with Crippen LogP contribution in [-0.4, -0.2) is 44.5 Å². The maximum atomic E-state index is 12.1. The molecule has 2 aromatic heterocycles. The van der Waals surface area contributed by atoms with Gasteiger partial charge >= 0.3 is 0 Å². The van der Waals surface area contributed by atoms with Gasteiger partial charge in [-0.1, -0.05) is 51.3 Å². The van der Waals surface area contributed by atoms with E-state index in [9.17, 15) is 4.79 Å². The Bertz CT molecular complexity index is 771. The average molecular weight is 405 g/mol. The lowest BCUT2D eigenvalue weighted by molar-refractivity contribution is -0.121. The lowest BCUT2D eigenvalue weighted by Gasteiger charge is -2.10. The third kappa shape index (κ3) is 5.59. The number of fused-ring (bicyclic) bond motifs is 1. The van der Waals surface area contributed by atoms with Crippen molar-refractivity contribution >= 4 is 34.5 Å². The molecule has 0 unspecified atom stereocenters. The highest BCUT2D eigenvalue weighted by Crippen LogP contribution is 2.28. The normalized spacial score (nSPS) is 14.6. The van der Waals surface area contributed by atoms with Crippen molar-refractivity contribution in [1.29, 1.82) is 0 Å². The largest absolute Gasteiger partial charge is 0.369 e. The molecule has 1 fully saturated rings. The molecule has 0 aromatic carbocycles. The van der Waals surface area contributed by atoms with Gasteiger partial charge in [0.1, 0.15) is 5.82 Å². The van der Waals surface area contributed by atoms with Crippen molar-refractivity contribution in [3.8, 4) is 0 Å². The Balaban J connectivity index is 1.59. The van der Waals surface area contributed by atoms with Crippen LogP contribution in [0.3, 0.4) is 0 Å². The first-order valence-corrected chi connectivity index (χ1v) is 11.6. The van der Waals surface area contributed by atoms with Gasteiger partial charge in [-0.15, -0.1) is 0 Å². The van der Waals surface area contributed by atoms with E-state index in [0.29, 0.717) is 19.5 Å². The topological polar surface area (TPSA) is 84.7 Å². The zero-order chi connectivity index (χ0) is 19.8. The first-order valence-electron chi connectivity index (χ1n) is 10.6. The zero-order valence-corrected chi connectivity index (χ0v) is 17.9. The number of hydrogen-bond acceptors (Lipinski definition) is 6. The van der Waals surface area contributed by atoms with Crippen molar-refractivity contribution in [2.75, 3.05) is 24.2 Å². The third-order valence-corrected chi connectivity index (χ3v) is 5.92. The lowest BCUT2D eigenvalue weighted by atomic mass is 10.0. The van der Waals surface area contributed by atoms with Crippen LogP contribution in [0.15, 0.2) is 11.4 Å². The summed E-state index contributed by atoms with van der Waals surface area (Å²) in [5, 5.41) is 12.6. The van der Waals surface area contributed by atoms with E-state index in [1.165, 1.54) is 25.7 Å². The first-order chi connectivity index (χ1) is 13.7. The molecule has 0 saturated heterocycles. The molecule has 0 bridgehead atoms. The second kappa shape index (κ2) is 10.6. The predicted molar refractivity (Wildman–Crippen MR) is 115 cm³/mol. The Morgan fingerprint density at radius 1 is 1.25 bits per heavy atom. The molecule has 0 atom stereocenters. The van der Waals surface area contributed by atoms with Crippen LogP contribution in [-0.2, 0) is 11.3 Å². The van der Waals surface area contributed by atoms with Gasteiger partial charge in [0.05, 0.1) is 18.1 Å². The van der Waals surface area contributed by atoms with Gasteiger partial charge in [0.15, 0.2) is 10.8 Å². The number of carbonyl (C=O) groups is 1. The summed E-state index contributed by atoms with van der Waals surface area (Å²) in [6, 6.07) is 0. The van der Waals surface area contributed by atoms with Crippen LogP contribution in [0.1, 0.15) is 58.8 Å². The summed E-state index contributed by atoms with van der Waals surface area (Å²) < 4.78 is 1.87. The van der Waals surface area contributed by atoms with E-state index in [1.54, 1.807) is 11.8 Å². The molecular formula is C20H32N6OS. The van der Waals surface area contributed by atoms with E-state index in [0.717, 1.165) is 53.1 Å². The Labute approximate surface area is 171 Å². The van der Waals surface area contributed by atoms with Crippen LogP contribution < -0.4 is 10.6 Å². The highest BCUT2D eigenvalue weighted by atomic mass is 32.2. The number of thioether (sulfide) groups is 1. The molecule has 0 aliphatic heterocycles. The monoisotopic (exact) mass is 404 g/mol. The van der Waals surface area contributed by atoms with E-state index in [-0.39, 0.29) is 5.91 Å². The van der Waals surface area contributed by atoms with Crippen molar-refractivity contribution in [3.63, 3.8) is 0 Å². The van der Waals surface area contributed by atoms with Crippen LogP contribution in [0.4, 0.5) is 5.82 Å². The van der Waals surface area contributed by atoms with Gasteiger partial charge in [-0.2, -0.15) is 5.10 Å². The summed E-state index contributed by atoms with van der Waals surface area (Å²) >= 11 is 1.62. The quantitative estimate of drug-likeness (QED) is 0.437. The van der Waals surface area contributed by atoms with Gasteiger partial charge in [-0.3, -0.25) is 4.79 Å². The standard InChI is InChI=1S/C20H32N6OS/c1-3-11-22-18-16-14-23-26(19(16)25-20(24-18)28-4-2)13-12-21-17(27)10-9-15-7-5-6-8-15/h14-15H,3-13H2,1-2H3,(H,21,27)(H,22,24,25). The van der Waals surface area contributed by atoms with E-state index >= 15 is 0 Å². The number of anilines is 1. The molecular weight excluding hydrogens is 372 g/mol. The number of hydrogen-bond donors (Lipinski definition) is 2. The summed E-state index contributed by atoms with van der Waals surface area (Å²) in [5.41, 5.74) is 0.824. The van der Waals surface area contributed by atoms with Gasteiger partial charge in [0, 0.05) is 19.5 Å². The number of nitrogens with zero attached hydrogens (tertiary/aromatic N) is 4. The molecule has 0 radical (unpaired) electrons. The molecule has 0 spiro atoms. The van der Waals surface area contributed by atoms with Gasteiger partial charge in [-0.25, -0.2) is 14.6 Å². The summed E-state index contributed by atoms with van der Waals surface area (Å²) in [5.74, 6) is 2.66. The summed E-state index contributed by atoms with van der Waals surface area (Å²) in [6.45, 7) is 6.27. The number of amides is 1. The van der Waals surface area contributed by atoms with Gasteiger partial charge in [0.25, 0.3) is 0 Å². The second-order valence-electron chi connectivity index (χ2n) is 7.36.